The van der Waals surface area contributed by atoms with Crippen LogP contribution in [0.15, 0.2) is 60.0 Å². The first-order chi connectivity index (χ1) is 13.0. The highest BCUT2D eigenvalue weighted by Gasteiger charge is 2.31. The van der Waals surface area contributed by atoms with Crippen LogP contribution in [-0.2, 0) is 17.8 Å². The van der Waals surface area contributed by atoms with Crippen molar-refractivity contribution < 1.29 is 18.7 Å². The van der Waals surface area contributed by atoms with Gasteiger partial charge in [0.25, 0.3) is 11.1 Å². The number of carbonyl (C=O) groups excluding carboxylic acids is 2. The van der Waals surface area contributed by atoms with Gasteiger partial charge in [0.15, 0.2) is 0 Å². The Morgan fingerprint density at radius 1 is 1.19 bits per heavy atom. The van der Waals surface area contributed by atoms with E-state index >= 15 is 0 Å². The van der Waals surface area contributed by atoms with Gasteiger partial charge in [-0.05, 0) is 65.2 Å². The maximum absolute atomic E-state index is 13.0. The molecule has 0 saturated carbocycles. The van der Waals surface area contributed by atoms with Crippen LogP contribution in [0.25, 0.3) is 6.08 Å². The molecular weight excluding hydrogens is 365 g/mol. The summed E-state index contributed by atoms with van der Waals surface area (Å²) in [4.78, 5) is 25.1. The second-order valence-corrected chi connectivity index (χ2v) is 7.01. The third kappa shape index (κ3) is 4.46. The number of rotatable bonds is 6. The van der Waals surface area contributed by atoms with Gasteiger partial charge in [0.05, 0.1) is 4.91 Å². The summed E-state index contributed by atoms with van der Waals surface area (Å²) in [5, 5.41) is -0.281. The molecule has 0 N–H and O–H groups in total. The van der Waals surface area contributed by atoms with Crippen LogP contribution in [0.4, 0.5) is 9.18 Å². The van der Waals surface area contributed by atoms with Crippen LogP contribution in [-0.4, -0.2) is 23.1 Å². The Morgan fingerprint density at radius 3 is 2.56 bits per heavy atom. The average Bonchev–Trinajstić information content (AvgIpc) is 2.89. The molecule has 2 aromatic carbocycles. The molecule has 2 aromatic rings. The van der Waals surface area contributed by atoms with Crippen molar-refractivity contribution >= 4 is 29.0 Å². The lowest BCUT2D eigenvalue weighted by molar-refractivity contribution is -0.121. The number of carbonyl (C=O) groups is 2. The number of imide groups is 1. The molecule has 1 saturated heterocycles. The number of nitrogens with zero attached hydrogens (tertiary/aromatic N) is 1. The van der Waals surface area contributed by atoms with E-state index in [1.165, 1.54) is 19.2 Å². The molecule has 1 aliphatic rings. The number of thioether (sulfide) groups is 1. The number of likely N-dealkylation sites (N-methyl/N-ethyl adjacent to an activating group) is 1. The Labute approximate surface area is 161 Å². The van der Waals surface area contributed by atoms with E-state index in [4.69, 9.17) is 4.74 Å². The highest BCUT2D eigenvalue weighted by Crippen LogP contribution is 2.32. The Morgan fingerprint density at radius 2 is 1.93 bits per heavy atom. The van der Waals surface area contributed by atoms with E-state index in [0.717, 1.165) is 33.4 Å². The lowest BCUT2D eigenvalue weighted by atomic mass is 10.1. The fourth-order valence-corrected chi connectivity index (χ4v) is 3.41. The largest absolute Gasteiger partial charge is 0.489 e. The van der Waals surface area contributed by atoms with E-state index in [1.54, 1.807) is 24.3 Å². The van der Waals surface area contributed by atoms with Crippen LogP contribution < -0.4 is 4.74 Å². The topological polar surface area (TPSA) is 46.6 Å². The highest BCUT2D eigenvalue weighted by molar-refractivity contribution is 8.18. The van der Waals surface area contributed by atoms with E-state index < -0.39 is 0 Å². The Balaban J connectivity index is 1.80. The van der Waals surface area contributed by atoms with Gasteiger partial charge in [-0.2, -0.15) is 0 Å². The predicted molar refractivity (Wildman–Crippen MR) is 105 cm³/mol. The van der Waals surface area contributed by atoms with E-state index in [1.807, 2.05) is 18.2 Å². The summed E-state index contributed by atoms with van der Waals surface area (Å²) in [6, 6.07) is 11.7. The summed E-state index contributed by atoms with van der Waals surface area (Å²) in [5.74, 6) is 0.110. The Kier molecular flexibility index (Phi) is 5.76. The van der Waals surface area contributed by atoms with Crippen LogP contribution in [0.1, 0.15) is 16.7 Å². The zero-order valence-corrected chi connectivity index (χ0v) is 15.6. The molecule has 0 spiro atoms. The van der Waals surface area contributed by atoms with Crippen LogP contribution in [0.2, 0.25) is 0 Å². The van der Waals surface area contributed by atoms with Gasteiger partial charge in [-0.1, -0.05) is 24.3 Å². The van der Waals surface area contributed by atoms with Crippen molar-refractivity contribution in [2.24, 2.45) is 0 Å². The Bertz CT molecular complexity index is 922. The molecule has 1 heterocycles. The molecule has 138 valence electrons. The molecule has 1 aliphatic heterocycles. The molecule has 0 bridgehead atoms. The lowest BCUT2D eigenvalue weighted by Gasteiger charge is -2.12. The van der Waals surface area contributed by atoms with Crippen LogP contribution in [0, 0.1) is 5.82 Å². The highest BCUT2D eigenvalue weighted by atomic mass is 32.2. The van der Waals surface area contributed by atoms with Crippen molar-refractivity contribution in [2.45, 2.75) is 13.0 Å². The molecule has 27 heavy (non-hydrogen) atoms. The van der Waals surface area contributed by atoms with Gasteiger partial charge < -0.3 is 4.74 Å². The van der Waals surface area contributed by atoms with Crippen molar-refractivity contribution in [2.75, 3.05) is 7.05 Å². The molecule has 3 rings (SSSR count). The van der Waals surface area contributed by atoms with E-state index in [9.17, 15) is 14.0 Å². The van der Waals surface area contributed by atoms with Gasteiger partial charge in [-0.25, -0.2) is 4.39 Å². The van der Waals surface area contributed by atoms with Crippen molar-refractivity contribution in [3.05, 3.63) is 82.5 Å². The smallest absolute Gasteiger partial charge is 0.293 e. The van der Waals surface area contributed by atoms with Crippen molar-refractivity contribution in [1.29, 1.82) is 0 Å². The van der Waals surface area contributed by atoms with Gasteiger partial charge in [0.2, 0.25) is 0 Å². The molecular formula is C21H18FNO3S. The minimum Gasteiger partial charge on any atom is -0.489 e. The molecule has 1 fully saturated rings. The first-order valence-corrected chi connectivity index (χ1v) is 9.12. The fraction of sp³-hybridized carbons (Fsp3) is 0.143. The van der Waals surface area contributed by atoms with Gasteiger partial charge in [-0.15, -0.1) is 6.58 Å². The number of ether oxygens (including phenoxy) is 1. The second kappa shape index (κ2) is 8.22. The SMILES string of the molecule is C=CCc1cc(/C=C2\SC(=O)N(C)C2=O)ccc1OCc1ccc(F)cc1. The zero-order valence-electron chi connectivity index (χ0n) is 14.8. The summed E-state index contributed by atoms with van der Waals surface area (Å²) in [6.07, 6.45) is 4.06. The van der Waals surface area contributed by atoms with Crippen LogP contribution in [0.5, 0.6) is 5.75 Å². The lowest BCUT2D eigenvalue weighted by Crippen LogP contribution is -2.22. The standard InChI is InChI=1S/C21H18FNO3S/c1-3-4-16-11-15(12-19-20(24)23(2)21(25)27-19)7-10-18(16)26-13-14-5-8-17(22)9-6-14/h3,5-12H,1,4,13H2,2H3/b19-12-. The number of allylic oxidation sites excluding steroid dienone is 1. The van der Waals surface area contributed by atoms with E-state index in [-0.39, 0.29) is 17.0 Å². The molecule has 2 amide bonds. The van der Waals surface area contributed by atoms with Gasteiger partial charge >= 0.3 is 0 Å². The average molecular weight is 383 g/mol. The quantitative estimate of drug-likeness (QED) is 0.531. The number of halogens is 1. The van der Waals surface area contributed by atoms with E-state index in [0.29, 0.717) is 23.7 Å². The molecule has 0 atom stereocenters. The van der Waals surface area contributed by atoms with Gasteiger partial charge in [0.1, 0.15) is 18.2 Å². The first kappa shape index (κ1) is 18.9. The fourth-order valence-electron chi connectivity index (χ4n) is 2.58. The number of amides is 2. The minimum absolute atomic E-state index is 0.281. The summed E-state index contributed by atoms with van der Waals surface area (Å²) in [5.41, 5.74) is 2.58. The summed E-state index contributed by atoms with van der Waals surface area (Å²) < 4.78 is 18.9. The third-order valence-corrected chi connectivity index (χ3v) is 5.00. The number of benzene rings is 2. The summed E-state index contributed by atoms with van der Waals surface area (Å²) >= 11 is 0.925. The van der Waals surface area contributed by atoms with Crippen molar-refractivity contribution in [3.63, 3.8) is 0 Å². The van der Waals surface area contributed by atoms with Crippen LogP contribution in [0.3, 0.4) is 0 Å². The third-order valence-electron chi connectivity index (χ3n) is 4.04. The van der Waals surface area contributed by atoms with E-state index in [2.05, 4.69) is 6.58 Å². The molecule has 4 nitrogen and oxygen atoms in total. The van der Waals surface area contributed by atoms with Crippen molar-refractivity contribution in [1.82, 2.24) is 4.90 Å². The predicted octanol–water partition coefficient (Wildman–Crippen LogP) is 4.80. The zero-order chi connectivity index (χ0) is 19.4. The van der Waals surface area contributed by atoms with Gasteiger partial charge in [0, 0.05) is 7.05 Å². The van der Waals surface area contributed by atoms with Gasteiger partial charge in [-0.3, -0.25) is 14.5 Å². The molecule has 6 heteroatoms. The second-order valence-electron chi connectivity index (χ2n) is 6.02. The summed E-state index contributed by atoms with van der Waals surface area (Å²) in [6.45, 7) is 4.09. The number of hydrogen-bond donors (Lipinski definition) is 0. The first-order valence-electron chi connectivity index (χ1n) is 8.30. The minimum atomic E-state index is -0.299. The monoisotopic (exact) mass is 383 g/mol. The van der Waals surface area contributed by atoms with Crippen LogP contribution >= 0.6 is 11.8 Å². The maximum Gasteiger partial charge on any atom is 0.293 e. The molecule has 0 radical (unpaired) electrons. The number of hydrogen-bond acceptors (Lipinski definition) is 4. The molecule has 0 aromatic heterocycles. The normalized spacial score (nSPS) is 15.5. The van der Waals surface area contributed by atoms with Crippen molar-refractivity contribution in [3.8, 4) is 5.75 Å². The molecule has 0 unspecified atom stereocenters. The molecule has 0 aliphatic carbocycles. The summed E-state index contributed by atoms with van der Waals surface area (Å²) in [7, 11) is 1.47. The maximum atomic E-state index is 13.0. The Hall–Kier alpha value is -2.86.